The van der Waals surface area contributed by atoms with Gasteiger partial charge >= 0.3 is 0 Å². The second-order valence-electron chi connectivity index (χ2n) is 1.31. The lowest BCUT2D eigenvalue weighted by atomic mass is 10.4. The van der Waals surface area contributed by atoms with Crippen LogP contribution in [0.3, 0.4) is 0 Å². The summed E-state index contributed by atoms with van der Waals surface area (Å²) in [5, 5.41) is 0. The Labute approximate surface area is 37.4 Å². The standard InChI is InChI=1S/C5H7N/c1-2-3-5-4-6-5/h2-5H,1H3/b3-2+. The van der Waals surface area contributed by atoms with Gasteiger partial charge in [0, 0.05) is 6.21 Å². The molecular formula is C5H7N. The highest BCUT2D eigenvalue weighted by molar-refractivity contribution is 5.80. The van der Waals surface area contributed by atoms with E-state index < -0.39 is 0 Å². The maximum absolute atomic E-state index is 3.88. The molecule has 0 amide bonds. The first kappa shape index (κ1) is 3.59. The van der Waals surface area contributed by atoms with Gasteiger partial charge in [0.1, 0.15) is 6.04 Å². The van der Waals surface area contributed by atoms with Crippen molar-refractivity contribution in [3.05, 3.63) is 12.2 Å². The van der Waals surface area contributed by atoms with Crippen molar-refractivity contribution in [2.75, 3.05) is 0 Å². The third-order valence-electron chi connectivity index (χ3n) is 0.711. The molecule has 32 valence electrons. The van der Waals surface area contributed by atoms with Crippen LogP contribution in [0.5, 0.6) is 0 Å². The monoisotopic (exact) mass is 81.1 g/mol. The van der Waals surface area contributed by atoms with Crippen molar-refractivity contribution in [1.82, 2.24) is 0 Å². The summed E-state index contributed by atoms with van der Waals surface area (Å²) in [5.41, 5.74) is 0. The molecule has 6 heavy (non-hydrogen) atoms. The third-order valence-corrected chi connectivity index (χ3v) is 0.711. The molecule has 0 saturated carbocycles. The molecule has 0 aromatic carbocycles. The summed E-state index contributed by atoms with van der Waals surface area (Å²) in [6.07, 6.45) is 5.98. The molecule has 0 aromatic rings. The summed E-state index contributed by atoms with van der Waals surface area (Å²) in [6, 6.07) is 0.468. The molecule has 0 saturated heterocycles. The summed E-state index contributed by atoms with van der Waals surface area (Å²) < 4.78 is 0. The quantitative estimate of drug-likeness (QED) is 0.418. The molecule has 1 nitrogen and oxygen atoms in total. The summed E-state index contributed by atoms with van der Waals surface area (Å²) in [6.45, 7) is 2.00. The average molecular weight is 81.1 g/mol. The van der Waals surface area contributed by atoms with E-state index in [1.165, 1.54) is 0 Å². The SMILES string of the molecule is C/C=C/C1C=N1. The maximum atomic E-state index is 3.88. The van der Waals surface area contributed by atoms with Gasteiger partial charge in [-0.05, 0) is 6.92 Å². The lowest BCUT2D eigenvalue weighted by Crippen LogP contribution is -1.73. The zero-order chi connectivity index (χ0) is 4.41. The molecule has 1 heteroatoms. The van der Waals surface area contributed by atoms with Crippen molar-refractivity contribution >= 4 is 6.21 Å². The second-order valence-corrected chi connectivity index (χ2v) is 1.31. The van der Waals surface area contributed by atoms with Crippen molar-refractivity contribution in [2.45, 2.75) is 13.0 Å². The van der Waals surface area contributed by atoms with E-state index in [0.29, 0.717) is 6.04 Å². The minimum Gasteiger partial charge on any atom is -0.282 e. The van der Waals surface area contributed by atoms with E-state index >= 15 is 0 Å². The Morgan fingerprint density at radius 3 is 2.67 bits per heavy atom. The topological polar surface area (TPSA) is 12.4 Å². The van der Waals surface area contributed by atoms with Crippen LogP contribution in [0.2, 0.25) is 0 Å². The highest BCUT2D eigenvalue weighted by Crippen LogP contribution is 2.00. The van der Waals surface area contributed by atoms with Gasteiger partial charge in [0.2, 0.25) is 0 Å². The van der Waals surface area contributed by atoms with Gasteiger partial charge in [-0.2, -0.15) is 0 Å². The summed E-state index contributed by atoms with van der Waals surface area (Å²) in [4.78, 5) is 3.88. The van der Waals surface area contributed by atoms with Gasteiger partial charge in [0.15, 0.2) is 0 Å². The predicted molar refractivity (Wildman–Crippen MR) is 27.1 cm³/mol. The van der Waals surface area contributed by atoms with Crippen molar-refractivity contribution in [2.24, 2.45) is 4.99 Å². The Kier molecular flexibility index (Phi) is 0.748. The Morgan fingerprint density at radius 2 is 2.50 bits per heavy atom. The molecule has 1 heterocycles. The van der Waals surface area contributed by atoms with Gasteiger partial charge in [-0.15, -0.1) is 0 Å². The average Bonchev–Trinajstić information content (AvgIpc) is 2.21. The number of hydrogen-bond acceptors (Lipinski definition) is 1. The number of hydrogen-bond donors (Lipinski definition) is 0. The zero-order valence-corrected chi connectivity index (χ0v) is 3.76. The predicted octanol–water partition coefficient (Wildman–Crippen LogP) is 1.02. The lowest BCUT2D eigenvalue weighted by Gasteiger charge is -1.68. The van der Waals surface area contributed by atoms with Gasteiger partial charge in [0.25, 0.3) is 0 Å². The molecule has 0 aliphatic carbocycles. The molecule has 0 spiro atoms. The van der Waals surface area contributed by atoms with Crippen molar-refractivity contribution in [1.29, 1.82) is 0 Å². The molecule has 1 aliphatic rings. The normalized spacial score (nSPS) is 29.2. The van der Waals surface area contributed by atoms with E-state index in [9.17, 15) is 0 Å². The molecular weight excluding hydrogens is 74.1 g/mol. The van der Waals surface area contributed by atoms with Gasteiger partial charge in [0.05, 0.1) is 0 Å². The summed E-state index contributed by atoms with van der Waals surface area (Å²) in [5.74, 6) is 0. The van der Waals surface area contributed by atoms with Crippen LogP contribution in [0.1, 0.15) is 6.92 Å². The van der Waals surface area contributed by atoms with Crippen LogP contribution in [0.25, 0.3) is 0 Å². The van der Waals surface area contributed by atoms with E-state index in [2.05, 4.69) is 11.1 Å². The van der Waals surface area contributed by atoms with Gasteiger partial charge in [-0.3, -0.25) is 4.99 Å². The van der Waals surface area contributed by atoms with E-state index in [1.54, 1.807) is 0 Å². The van der Waals surface area contributed by atoms with Crippen LogP contribution in [0, 0.1) is 0 Å². The highest BCUT2D eigenvalue weighted by Gasteiger charge is 2.04. The van der Waals surface area contributed by atoms with E-state index in [1.807, 2.05) is 19.2 Å². The van der Waals surface area contributed by atoms with Crippen molar-refractivity contribution < 1.29 is 0 Å². The van der Waals surface area contributed by atoms with Crippen LogP contribution >= 0.6 is 0 Å². The van der Waals surface area contributed by atoms with Crippen LogP contribution in [-0.4, -0.2) is 12.3 Å². The Morgan fingerprint density at radius 1 is 1.83 bits per heavy atom. The minimum atomic E-state index is 0.468. The molecule has 0 N–H and O–H groups in total. The first-order chi connectivity index (χ1) is 2.93. The highest BCUT2D eigenvalue weighted by atomic mass is 14.9. The molecule has 1 atom stereocenters. The molecule has 1 aliphatic heterocycles. The number of aliphatic imine (C=N–C) groups is 1. The van der Waals surface area contributed by atoms with Crippen LogP contribution in [0.4, 0.5) is 0 Å². The molecule has 0 radical (unpaired) electrons. The zero-order valence-electron chi connectivity index (χ0n) is 3.76. The fraction of sp³-hybridized carbons (Fsp3) is 0.400. The molecule has 0 aromatic heterocycles. The van der Waals surface area contributed by atoms with E-state index in [4.69, 9.17) is 0 Å². The number of rotatable bonds is 1. The van der Waals surface area contributed by atoms with Gasteiger partial charge in [-0.25, -0.2) is 0 Å². The van der Waals surface area contributed by atoms with Gasteiger partial charge in [-0.1, -0.05) is 12.2 Å². The van der Waals surface area contributed by atoms with Crippen molar-refractivity contribution in [3.63, 3.8) is 0 Å². The van der Waals surface area contributed by atoms with Crippen molar-refractivity contribution in [3.8, 4) is 0 Å². The third kappa shape index (κ3) is 0.677. The largest absolute Gasteiger partial charge is 0.282 e. The first-order valence-corrected chi connectivity index (χ1v) is 2.09. The van der Waals surface area contributed by atoms with Crippen LogP contribution in [0.15, 0.2) is 17.1 Å². The number of nitrogens with zero attached hydrogens (tertiary/aromatic N) is 1. The number of allylic oxidation sites excluding steroid dienone is 1. The molecule has 1 unspecified atom stereocenters. The minimum absolute atomic E-state index is 0.468. The summed E-state index contributed by atoms with van der Waals surface area (Å²) in [7, 11) is 0. The maximum Gasteiger partial charge on any atom is 0.102 e. The molecule has 0 bridgehead atoms. The summed E-state index contributed by atoms with van der Waals surface area (Å²) >= 11 is 0. The van der Waals surface area contributed by atoms with Crippen LogP contribution < -0.4 is 0 Å². The van der Waals surface area contributed by atoms with E-state index in [0.717, 1.165) is 0 Å². The molecule has 0 fully saturated rings. The Hall–Kier alpha value is -0.590. The Bertz CT molecular complexity index is 86.1. The van der Waals surface area contributed by atoms with Crippen LogP contribution in [-0.2, 0) is 0 Å². The fourth-order valence-corrected chi connectivity index (χ4v) is 0.346. The van der Waals surface area contributed by atoms with E-state index in [-0.39, 0.29) is 0 Å². The van der Waals surface area contributed by atoms with Gasteiger partial charge < -0.3 is 0 Å². The Balaban J connectivity index is 2.19. The lowest BCUT2D eigenvalue weighted by molar-refractivity contribution is 1.28. The first-order valence-electron chi connectivity index (χ1n) is 2.09. The molecule has 1 rings (SSSR count). The smallest absolute Gasteiger partial charge is 0.102 e. The second kappa shape index (κ2) is 1.25. The fourth-order valence-electron chi connectivity index (χ4n) is 0.346.